The van der Waals surface area contributed by atoms with E-state index >= 15 is 0 Å². The number of hydrogen-bond acceptors (Lipinski definition) is 4. The summed E-state index contributed by atoms with van der Waals surface area (Å²) < 4.78 is 0.827. The molecule has 108 valence electrons. The van der Waals surface area contributed by atoms with Crippen molar-refractivity contribution < 1.29 is 4.79 Å². The number of hydrogen-bond donors (Lipinski definition) is 2. The normalized spacial score (nSPS) is 10.0. The van der Waals surface area contributed by atoms with Gasteiger partial charge in [-0.15, -0.1) is 6.58 Å². The summed E-state index contributed by atoms with van der Waals surface area (Å²) >= 11 is 3.42. The Morgan fingerprint density at radius 3 is 2.81 bits per heavy atom. The zero-order chi connectivity index (χ0) is 15.2. The Bertz CT molecular complexity index is 655. The van der Waals surface area contributed by atoms with E-state index in [1.807, 2.05) is 25.1 Å². The number of rotatable bonds is 5. The van der Waals surface area contributed by atoms with Gasteiger partial charge in [0, 0.05) is 11.0 Å². The van der Waals surface area contributed by atoms with Gasteiger partial charge in [-0.2, -0.15) is 0 Å². The highest BCUT2D eigenvalue weighted by Crippen LogP contribution is 2.23. The minimum atomic E-state index is -0.303. The van der Waals surface area contributed by atoms with Crippen LogP contribution in [-0.4, -0.2) is 22.4 Å². The molecule has 1 aromatic carbocycles. The van der Waals surface area contributed by atoms with Crippen LogP contribution in [0.25, 0.3) is 0 Å². The number of carbonyl (C=O) groups excluding carboxylic acids is 1. The summed E-state index contributed by atoms with van der Waals surface area (Å²) in [6.45, 7) is 6.18. The van der Waals surface area contributed by atoms with E-state index in [4.69, 9.17) is 0 Å². The third-order valence-electron chi connectivity index (χ3n) is 2.68. The SMILES string of the molecule is C=CCNc1cnc(C(=O)Nc2ccc(C)cc2Br)cn1. The Morgan fingerprint density at radius 2 is 2.19 bits per heavy atom. The van der Waals surface area contributed by atoms with Crippen LogP contribution in [0.1, 0.15) is 16.1 Å². The summed E-state index contributed by atoms with van der Waals surface area (Å²) in [5, 5.41) is 5.79. The van der Waals surface area contributed by atoms with Gasteiger partial charge in [-0.3, -0.25) is 4.79 Å². The maximum absolute atomic E-state index is 12.1. The van der Waals surface area contributed by atoms with E-state index in [1.54, 1.807) is 6.08 Å². The van der Waals surface area contributed by atoms with Crippen molar-refractivity contribution in [3.8, 4) is 0 Å². The summed E-state index contributed by atoms with van der Waals surface area (Å²) in [6, 6.07) is 5.70. The van der Waals surface area contributed by atoms with E-state index in [1.165, 1.54) is 12.4 Å². The first-order chi connectivity index (χ1) is 10.1. The Morgan fingerprint density at radius 1 is 1.38 bits per heavy atom. The highest BCUT2D eigenvalue weighted by molar-refractivity contribution is 9.10. The Hall–Kier alpha value is -2.21. The fourth-order valence-electron chi connectivity index (χ4n) is 1.62. The fraction of sp³-hybridized carbons (Fsp3) is 0.133. The van der Waals surface area contributed by atoms with Crippen LogP contribution in [0, 0.1) is 6.92 Å². The molecular weight excluding hydrogens is 332 g/mol. The van der Waals surface area contributed by atoms with Crippen molar-refractivity contribution in [3.05, 3.63) is 59.0 Å². The molecule has 6 heteroatoms. The van der Waals surface area contributed by atoms with E-state index in [0.29, 0.717) is 18.1 Å². The van der Waals surface area contributed by atoms with E-state index in [0.717, 1.165) is 10.0 Å². The van der Waals surface area contributed by atoms with Crippen LogP contribution in [0.4, 0.5) is 11.5 Å². The average Bonchev–Trinajstić information content (AvgIpc) is 2.48. The average molecular weight is 347 g/mol. The van der Waals surface area contributed by atoms with Gasteiger partial charge in [0.1, 0.15) is 11.5 Å². The lowest BCUT2D eigenvalue weighted by Gasteiger charge is -2.08. The predicted octanol–water partition coefficient (Wildman–Crippen LogP) is 3.40. The van der Waals surface area contributed by atoms with E-state index in [2.05, 4.69) is 43.1 Å². The number of aromatic nitrogens is 2. The lowest BCUT2D eigenvalue weighted by atomic mass is 10.2. The first-order valence-electron chi connectivity index (χ1n) is 6.34. The monoisotopic (exact) mass is 346 g/mol. The Labute approximate surface area is 131 Å². The maximum Gasteiger partial charge on any atom is 0.275 e. The molecule has 0 aliphatic carbocycles. The molecule has 0 aliphatic rings. The van der Waals surface area contributed by atoms with Gasteiger partial charge >= 0.3 is 0 Å². The summed E-state index contributed by atoms with van der Waals surface area (Å²) in [7, 11) is 0. The van der Waals surface area contributed by atoms with Crippen LogP contribution in [0.5, 0.6) is 0 Å². The topological polar surface area (TPSA) is 66.9 Å². The van der Waals surface area contributed by atoms with Crippen molar-refractivity contribution in [1.29, 1.82) is 0 Å². The molecule has 2 N–H and O–H groups in total. The zero-order valence-electron chi connectivity index (χ0n) is 11.6. The number of amides is 1. The molecule has 0 fully saturated rings. The number of aryl methyl sites for hydroxylation is 1. The fourth-order valence-corrected chi connectivity index (χ4v) is 2.21. The summed E-state index contributed by atoms with van der Waals surface area (Å²) in [5.41, 5.74) is 2.06. The van der Waals surface area contributed by atoms with Crippen LogP contribution < -0.4 is 10.6 Å². The van der Waals surface area contributed by atoms with E-state index in [9.17, 15) is 4.79 Å². The van der Waals surface area contributed by atoms with Crippen molar-refractivity contribution in [2.24, 2.45) is 0 Å². The number of halogens is 1. The highest BCUT2D eigenvalue weighted by atomic mass is 79.9. The highest BCUT2D eigenvalue weighted by Gasteiger charge is 2.10. The first kappa shape index (κ1) is 15.2. The van der Waals surface area contributed by atoms with Crippen molar-refractivity contribution >= 4 is 33.3 Å². The van der Waals surface area contributed by atoms with Gasteiger partial charge in [0.15, 0.2) is 0 Å². The van der Waals surface area contributed by atoms with E-state index in [-0.39, 0.29) is 11.6 Å². The quantitative estimate of drug-likeness (QED) is 0.814. The molecule has 1 heterocycles. The van der Waals surface area contributed by atoms with Gasteiger partial charge in [-0.25, -0.2) is 9.97 Å². The number of nitrogens with one attached hydrogen (secondary N) is 2. The van der Waals surface area contributed by atoms with Crippen LogP contribution in [0.2, 0.25) is 0 Å². The summed E-state index contributed by atoms with van der Waals surface area (Å²) in [6.07, 6.45) is 4.67. The van der Waals surface area contributed by atoms with Crippen molar-refractivity contribution in [2.75, 3.05) is 17.2 Å². The van der Waals surface area contributed by atoms with Gasteiger partial charge in [0.25, 0.3) is 5.91 Å². The van der Waals surface area contributed by atoms with Crippen LogP contribution >= 0.6 is 15.9 Å². The van der Waals surface area contributed by atoms with Gasteiger partial charge in [-0.05, 0) is 40.5 Å². The Balaban J connectivity index is 2.07. The van der Waals surface area contributed by atoms with Crippen LogP contribution in [0.15, 0.2) is 47.7 Å². The molecule has 0 unspecified atom stereocenters. The largest absolute Gasteiger partial charge is 0.365 e. The van der Waals surface area contributed by atoms with Crippen molar-refractivity contribution in [3.63, 3.8) is 0 Å². The minimum Gasteiger partial charge on any atom is -0.365 e. The van der Waals surface area contributed by atoms with Crippen molar-refractivity contribution in [2.45, 2.75) is 6.92 Å². The Kier molecular flexibility index (Phi) is 5.05. The van der Waals surface area contributed by atoms with Crippen LogP contribution in [-0.2, 0) is 0 Å². The second kappa shape index (κ2) is 6.99. The lowest BCUT2D eigenvalue weighted by molar-refractivity contribution is 0.102. The minimum absolute atomic E-state index is 0.256. The number of carbonyl (C=O) groups is 1. The summed E-state index contributed by atoms with van der Waals surface area (Å²) in [4.78, 5) is 20.3. The van der Waals surface area contributed by atoms with E-state index < -0.39 is 0 Å². The maximum atomic E-state index is 12.1. The first-order valence-corrected chi connectivity index (χ1v) is 7.14. The molecule has 0 radical (unpaired) electrons. The van der Waals surface area contributed by atoms with Gasteiger partial charge < -0.3 is 10.6 Å². The number of nitrogens with zero attached hydrogens (tertiary/aromatic N) is 2. The number of benzene rings is 1. The molecule has 1 amide bonds. The van der Waals surface area contributed by atoms with Crippen LogP contribution in [0.3, 0.4) is 0 Å². The van der Waals surface area contributed by atoms with Gasteiger partial charge in [-0.1, -0.05) is 12.1 Å². The molecule has 0 aliphatic heterocycles. The molecule has 0 bridgehead atoms. The predicted molar refractivity (Wildman–Crippen MR) is 87.6 cm³/mol. The smallest absolute Gasteiger partial charge is 0.275 e. The number of anilines is 2. The molecular formula is C15H15BrN4O. The molecule has 21 heavy (non-hydrogen) atoms. The third kappa shape index (κ3) is 4.13. The lowest BCUT2D eigenvalue weighted by Crippen LogP contribution is -2.15. The second-order valence-electron chi connectivity index (χ2n) is 4.39. The molecule has 5 nitrogen and oxygen atoms in total. The third-order valence-corrected chi connectivity index (χ3v) is 3.34. The zero-order valence-corrected chi connectivity index (χ0v) is 13.1. The van der Waals surface area contributed by atoms with Gasteiger partial charge in [0.2, 0.25) is 0 Å². The second-order valence-corrected chi connectivity index (χ2v) is 5.25. The molecule has 0 saturated carbocycles. The van der Waals surface area contributed by atoms with Crippen molar-refractivity contribution in [1.82, 2.24) is 9.97 Å². The molecule has 0 saturated heterocycles. The van der Waals surface area contributed by atoms with Gasteiger partial charge in [0.05, 0.1) is 18.1 Å². The molecule has 2 rings (SSSR count). The molecule has 0 spiro atoms. The molecule has 2 aromatic rings. The molecule has 1 aromatic heterocycles. The standard InChI is InChI=1S/C15H15BrN4O/c1-3-6-17-14-9-18-13(8-19-14)15(21)20-12-5-4-10(2)7-11(12)16/h3-5,7-9H,1,6H2,2H3,(H,17,19)(H,20,21). The summed E-state index contributed by atoms with van der Waals surface area (Å²) in [5.74, 6) is 0.297. The molecule has 0 atom stereocenters.